The van der Waals surface area contributed by atoms with Gasteiger partial charge in [-0.2, -0.15) is 13.2 Å². The average Bonchev–Trinajstić information content (AvgIpc) is 3.15. The van der Waals surface area contributed by atoms with E-state index in [0.29, 0.717) is 24.9 Å². The lowest BCUT2D eigenvalue weighted by molar-refractivity contribution is -0.138. The molecule has 5 nitrogen and oxygen atoms in total. The smallest absolute Gasteiger partial charge is 0.352 e. The fourth-order valence-electron chi connectivity index (χ4n) is 3.37. The highest BCUT2D eigenvalue weighted by atomic mass is 19.4. The van der Waals surface area contributed by atoms with Gasteiger partial charge in [0.15, 0.2) is 0 Å². The summed E-state index contributed by atoms with van der Waals surface area (Å²) in [6.45, 7) is 1.45. The number of alkyl halides is 3. The van der Waals surface area contributed by atoms with Crippen LogP contribution in [0.25, 0.3) is 0 Å². The quantitative estimate of drug-likeness (QED) is 0.864. The molecule has 8 heteroatoms. The molecule has 0 radical (unpaired) electrons. The lowest BCUT2D eigenvalue weighted by Crippen LogP contribution is -2.31. The van der Waals surface area contributed by atoms with E-state index in [1.165, 1.54) is 6.92 Å². The third-order valence-corrected chi connectivity index (χ3v) is 4.72. The van der Waals surface area contributed by atoms with E-state index >= 15 is 0 Å². The molecular weight excluding hydrogens is 371 g/mol. The first-order valence-corrected chi connectivity index (χ1v) is 8.94. The fourth-order valence-corrected chi connectivity index (χ4v) is 3.37. The van der Waals surface area contributed by atoms with E-state index in [1.807, 2.05) is 0 Å². The van der Waals surface area contributed by atoms with Gasteiger partial charge in [0.25, 0.3) is 5.91 Å². The van der Waals surface area contributed by atoms with Crippen molar-refractivity contribution in [3.63, 3.8) is 0 Å². The van der Waals surface area contributed by atoms with E-state index in [2.05, 4.69) is 10.3 Å². The summed E-state index contributed by atoms with van der Waals surface area (Å²) in [5.74, 6) is -0.645. The van der Waals surface area contributed by atoms with Crippen LogP contribution in [0, 0.1) is 0 Å². The van der Waals surface area contributed by atoms with Crippen molar-refractivity contribution in [2.24, 2.45) is 0 Å². The molecule has 1 saturated heterocycles. The van der Waals surface area contributed by atoms with Gasteiger partial charge in [-0.3, -0.25) is 14.6 Å². The minimum absolute atomic E-state index is 0.106. The first kappa shape index (κ1) is 19.9. The number of hydrogen-bond acceptors (Lipinski definition) is 3. The number of amides is 2. The van der Waals surface area contributed by atoms with E-state index in [0.717, 1.165) is 12.3 Å². The highest BCUT2D eigenvalue weighted by Crippen LogP contribution is 2.37. The third kappa shape index (κ3) is 4.32. The maximum Gasteiger partial charge on any atom is 0.416 e. The summed E-state index contributed by atoms with van der Waals surface area (Å²) in [4.78, 5) is 29.6. The molecule has 1 aliphatic heterocycles. The van der Waals surface area contributed by atoms with Crippen LogP contribution in [0.2, 0.25) is 0 Å². The summed E-state index contributed by atoms with van der Waals surface area (Å²) < 4.78 is 40.6. The standard InChI is InChI=1S/C20H20F3N3O2/c1-13(27)24-11-15-12-25-17(10-16(15)20(21,22)23)18-8-5-9-26(18)19(28)14-6-3-2-4-7-14/h2-4,6-7,10,12,18H,5,8-9,11H2,1H3,(H,24,27)/t18-/m1/s1. The molecule has 0 unspecified atom stereocenters. The van der Waals surface area contributed by atoms with Gasteiger partial charge in [0, 0.05) is 37.3 Å². The maximum atomic E-state index is 13.5. The van der Waals surface area contributed by atoms with Crippen molar-refractivity contribution in [2.45, 2.75) is 38.5 Å². The predicted octanol–water partition coefficient (Wildman–Crippen LogP) is 3.71. The van der Waals surface area contributed by atoms with Gasteiger partial charge in [-0.25, -0.2) is 0 Å². The van der Waals surface area contributed by atoms with Crippen molar-refractivity contribution in [3.05, 3.63) is 65.0 Å². The largest absolute Gasteiger partial charge is 0.416 e. The zero-order valence-corrected chi connectivity index (χ0v) is 15.3. The van der Waals surface area contributed by atoms with Crippen molar-refractivity contribution < 1.29 is 22.8 Å². The zero-order chi connectivity index (χ0) is 20.3. The molecule has 0 spiro atoms. The van der Waals surface area contributed by atoms with Crippen LogP contribution in [0.3, 0.4) is 0 Å². The number of carbonyl (C=O) groups excluding carboxylic acids is 2. The lowest BCUT2D eigenvalue weighted by atomic mass is 10.0. The molecule has 0 saturated carbocycles. The summed E-state index contributed by atoms with van der Waals surface area (Å²) in [7, 11) is 0. The molecule has 2 amide bonds. The second-order valence-corrected chi connectivity index (χ2v) is 6.70. The van der Waals surface area contributed by atoms with Gasteiger partial charge < -0.3 is 10.2 Å². The van der Waals surface area contributed by atoms with Gasteiger partial charge in [0.2, 0.25) is 5.91 Å². The van der Waals surface area contributed by atoms with Crippen LogP contribution in [0.1, 0.15) is 53.0 Å². The minimum atomic E-state index is -4.58. The van der Waals surface area contributed by atoms with E-state index < -0.39 is 23.7 Å². The first-order chi connectivity index (χ1) is 13.3. The SMILES string of the molecule is CC(=O)NCc1cnc([C@H]2CCCN2C(=O)c2ccccc2)cc1C(F)(F)F. The van der Waals surface area contributed by atoms with Crippen molar-refractivity contribution in [3.8, 4) is 0 Å². The monoisotopic (exact) mass is 391 g/mol. The summed E-state index contributed by atoms with van der Waals surface area (Å²) in [5.41, 5.74) is -0.246. The number of halogens is 3. The van der Waals surface area contributed by atoms with Gasteiger partial charge >= 0.3 is 6.18 Å². The topological polar surface area (TPSA) is 62.3 Å². The molecule has 1 aromatic heterocycles. The maximum absolute atomic E-state index is 13.5. The molecule has 148 valence electrons. The number of rotatable bonds is 4. The Morgan fingerprint density at radius 2 is 1.96 bits per heavy atom. The van der Waals surface area contributed by atoms with E-state index in [-0.39, 0.29) is 23.7 Å². The number of nitrogens with one attached hydrogen (secondary N) is 1. The average molecular weight is 391 g/mol. The minimum Gasteiger partial charge on any atom is -0.352 e. The molecule has 2 heterocycles. The molecule has 28 heavy (non-hydrogen) atoms. The number of benzene rings is 1. The molecule has 0 aliphatic carbocycles. The molecule has 1 atom stereocenters. The number of aromatic nitrogens is 1. The van der Waals surface area contributed by atoms with Crippen LogP contribution in [-0.2, 0) is 17.5 Å². The summed E-state index contributed by atoms with van der Waals surface area (Å²) in [6, 6.07) is 9.14. The Balaban J connectivity index is 1.91. The molecule has 2 aromatic rings. The van der Waals surface area contributed by atoms with Gasteiger partial charge in [0.05, 0.1) is 17.3 Å². The molecular formula is C20H20F3N3O2. The van der Waals surface area contributed by atoms with Crippen LogP contribution in [-0.4, -0.2) is 28.2 Å². The molecule has 3 rings (SSSR count). The molecule has 1 fully saturated rings. The summed E-state index contributed by atoms with van der Waals surface area (Å²) in [6.07, 6.45) is -2.20. The number of carbonyl (C=O) groups is 2. The highest BCUT2D eigenvalue weighted by Gasteiger charge is 2.37. The predicted molar refractivity (Wildman–Crippen MR) is 96.2 cm³/mol. The summed E-state index contributed by atoms with van der Waals surface area (Å²) in [5, 5.41) is 2.37. The normalized spacial score (nSPS) is 16.9. The van der Waals surface area contributed by atoms with Crippen molar-refractivity contribution in [1.82, 2.24) is 15.2 Å². The second-order valence-electron chi connectivity index (χ2n) is 6.70. The Morgan fingerprint density at radius 1 is 1.25 bits per heavy atom. The highest BCUT2D eigenvalue weighted by molar-refractivity contribution is 5.94. The number of hydrogen-bond donors (Lipinski definition) is 1. The number of nitrogens with zero attached hydrogens (tertiary/aromatic N) is 2. The van der Waals surface area contributed by atoms with E-state index in [9.17, 15) is 22.8 Å². The van der Waals surface area contributed by atoms with Crippen LogP contribution < -0.4 is 5.32 Å². The Morgan fingerprint density at radius 3 is 2.61 bits per heavy atom. The van der Waals surface area contributed by atoms with Gasteiger partial charge in [0.1, 0.15) is 0 Å². The van der Waals surface area contributed by atoms with E-state index in [1.54, 1.807) is 35.2 Å². The second kappa shape index (κ2) is 8.00. The lowest BCUT2D eigenvalue weighted by Gasteiger charge is -2.25. The van der Waals surface area contributed by atoms with Crippen LogP contribution >= 0.6 is 0 Å². The van der Waals surface area contributed by atoms with Crippen LogP contribution in [0.4, 0.5) is 13.2 Å². The van der Waals surface area contributed by atoms with Crippen LogP contribution in [0.15, 0.2) is 42.6 Å². The Kier molecular flexibility index (Phi) is 5.67. The van der Waals surface area contributed by atoms with Gasteiger partial charge in [-0.05, 0) is 31.0 Å². The molecule has 1 N–H and O–H groups in total. The Bertz CT molecular complexity index is 869. The molecule has 0 bridgehead atoms. The molecule has 1 aliphatic rings. The third-order valence-electron chi connectivity index (χ3n) is 4.72. The first-order valence-electron chi connectivity index (χ1n) is 8.94. The number of likely N-dealkylation sites (tertiary alicyclic amines) is 1. The Labute approximate surface area is 160 Å². The fraction of sp³-hybridized carbons (Fsp3) is 0.350. The van der Waals surface area contributed by atoms with Crippen molar-refractivity contribution in [2.75, 3.05) is 6.54 Å². The van der Waals surface area contributed by atoms with Gasteiger partial charge in [-0.15, -0.1) is 0 Å². The van der Waals surface area contributed by atoms with E-state index in [4.69, 9.17) is 0 Å². The van der Waals surface area contributed by atoms with Crippen molar-refractivity contribution >= 4 is 11.8 Å². The summed E-state index contributed by atoms with van der Waals surface area (Å²) >= 11 is 0. The van der Waals surface area contributed by atoms with Crippen LogP contribution in [0.5, 0.6) is 0 Å². The number of pyridine rings is 1. The Hall–Kier alpha value is -2.90. The zero-order valence-electron chi connectivity index (χ0n) is 15.3. The van der Waals surface area contributed by atoms with Gasteiger partial charge in [-0.1, -0.05) is 18.2 Å². The molecule has 1 aromatic carbocycles. The van der Waals surface area contributed by atoms with Crippen molar-refractivity contribution in [1.29, 1.82) is 0 Å².